The van der Waals surface area contributed by atoms with Gasteiger partial charge in [0.05, 0.1) is 11.4 Å². The maximum atomic E-state index is 14.3. The van der Waals surface area contributed by atoms with Gasteiger partial charge in [-0.25, -0.2) is 4.39 Å². The van der Waals surface area contributed by atoms with Crippen LogP contribution in [0.15, 0.2) is 59.6 Å². The molecule has 4 aliphatic rings. The van der Waals surface area contributed by atoms with Crippen molar-refractivity contribution in [2.24, 2.45) is 22.7 Å². The van der Waals surface area contributed by atoms with Crippen LogP contribution < -0.4 is 0 Å². The second-order valence-corrected chi connectivity index (χ2v) is 10.6. The van der Waals surface area contributed by atoms with Gasteiger partial charge in [0.1, 0.15) is 5.82 Å². The van der Waals surface area contributed by atoms with Gasteiger partial charge in [0, 0.05) is 23.2 Å². The molecule has 4 aliphatic carbocycles. The zero-order chi connectivity index (χ0) is 21.9. The van der Waals surface area contributed by atoms with E-state index in [-0.39, 0.29) is 5.82 Å². The molecule has 0 amide bonds. The van der Waals surface area contributed by atoms with Gasteiger partial charge >= 0.3 is 0 Å². The van der Waals surface area contributed by atoms with Crippen molar-refractivity contribution < 1.29 is 4.39 Å². The molecule has 3 heteroatoms. The summed E-state index contributed by atoms with van der Waals surface area (Å²) >= 11 is 0. The number of hydrogen-bond acceptors (Lipinski definition) is 1. The fourth-order valence-corrected chi connectivity index (χ4v) is 7.43. The van der Waals surface area contributed by atoms with E-state index in [0.29, 0.717) is 11.1 Å². The molecule has 2 nitrogen and oxygen atoms in total. The van der Waals surface area contributed by atoms with Gasteiger partial charge in [0.15, 0.2) is 0 Å². The van der Waals surface area contributed by atoms with Crippen molar-refractivity contribution in [3.8, 4) is 5.69 Å². The lowest BCUT2D eigenvalue weighted by Crippen LogP contribution is -2.48. The second-order valence-electron chi connectivity index (χ2n) is 10.6. The number of benzene rings is 2. The van der Waals surface area contributed by atoms with Crippen LogP contribution in [-0.2, 0) is 5.41 Å². The Kier molecular flexibility index (Phi) is 4.64. The zero-order valence-electron chi connectivity index (χ0n) is 19.0. The highest BCUT2D eigenvalue weighted by molar-refractivity contribution is 5.84. The highest BCUT2D eigenvalue weighted by atomic mass is 19.1. The average Bonchev–Trinajstić information content (AvgIpc) is 3.05. The second kappa shape index (κ2) is 7.43. The Hall–Kier alpha value is -2.68. The Balaban J connectivity index is 1.25. The fourth-order valence-electron chi connectivity index (χ4n) is 7.43. The van der Waals surface area contributed by atoms with E-state index in [1.54, 1.807) is 6.07 Å². The van der Waals surface area contributed by atoms with Crippen molar-refractivity contribution in [1.82, 2.24) is 4.57 Å². The standard InChI is InChI=1S/C29H31FN2/c1-19-11-24(20(2)32(19)28-6-4-3-5-27(28)30)18-31-26-9-7-25(8-10-26)29-15-21-12-22(16-29)14-23(13-21)17-29/h3-11,18,21-23H,12-17H2,1-2H3. The first-order chi connectivity index (χ1) is 15.5. The summed E-state index contributed by atoms with van der Waals surface area (Å²) in [7, 11) is 0. The van der Waals surface area contributed by atoms with Crippen LogP contribution in [0.2, 0.25) is 0 Å². The molecule has 0 spiro atoms. The summed E-state index contributed by atoms with van der Waals surface area (Å²) in [6.07, 6.45) is 10.5. The van der Waals surface area contributed by atoms with E-state index in [2.05, 4.69) is 30.3 Å². The first-order valence-corrected chi connectivity index (χ1v) is 12.1. The Bertz CT molecular complexity index is 1150. The largest absolute Gasteiger partial charge is 0.315 e. The van der Waals surface area contributed by atoms with Crippen LogP contribution in [0, 0.1) is 37.4 Å². The minimum absolute atomic E-state index is 0.210. The van der Waals surface area contributed by atoms with Gasteiger partial charge in [-0.2, -0.15) is 0 Å². The van der Waals surface area contributed by atoms with Crippen molar-refractivity contribution in [2.45, 2.75) is 57.8 Å². The summed E-state index contributed by atoms with van der Waals surface area (Å²) in [5.41, 5.74) is 6.56. The normalized spacial score (nSPS) is 28.7. The van der Waals surface area contributed by atoms with Gasteiger partial charge < -0.3 is 4.57 Å². The topological polar surface area (TPSA) is 17.3 Å². The number of halogens is 1. The van der Waals surface area contributed by atoms with E-state index < -0.39 is 0 Å². The molecule has 164 valence electrons. The molecule has 1 aromatic heterocycles. The average molecular weight is 427 g/mol. The van der Waals surface area contributed by atoms with Crippen molar-refractivity contribution in [3.05, 3.63) is 82.9 Å². The summed E-state index contributed by atoms with van der Waals surface area (Å²) in [4.78, 5) is 4.76. The molecule has 0 unspecified atom stereocenters. The quantitative estimate of drug-likeness (QED) is 0.386. The van der Waals surface area contributed by atoms with Gasteiger partial charge in [-0.3, -0.25) is 4.99 Å². The maximum Gasteiger partial charge on any atom is 0.147 e. The molecule has 32 heavy (non-hydrogen) atoms. The molecule has 3 aromatic rings. The summed E-state index contributed by atoms with van der Waals surface area (Å²) in [5.74, 6) is 2.68. The summed E-state index contributed by atoms with van der Waals surface area (Å²) in [6, 6.07) is 18.0. The van der Waals surface area contributed by atoms with Crippen molar-refractivity contribution in [1.29, 1.82) is 0 Å². The molecular formula is C29H31FN2. The summed E-state index contributed by atoms with van der Waals surface area (Å²) in [6.45, 7) is 4.04. The van der Waals surface area contributed by atoms with Gasteiger partial charge in [-0.1, -0.05) is 24.3 Å². The SMILES string of the molecule is Cc1cc(C=Nc2ccc(C34CC5CC(CC(C5)C3)C4)cc2)c(C)n1-c1ccccc1F. The Morgan fingerprint density at radius 1 is 0.906 bits per heavy atom. The molecule has 7 rings (SSSR count). The molecule has 4 saturated carbocycles. The third-order valence-electron chi connectivity index (χ3n) is 8.43. The van der Waals surface area contributed by atoms with E-state index >= 15 is 0 Å². The number of aliphatic imine (C=N–C) groups is 1. The van der Waals surface area contributed by atoms with Gasteiger partial charge in [-0.15, -0.1) is 0 Å². The first kappa shape index (κ1) is 20.0. The number of nitrogens with zero attached hydrogens (tertiary/aromatic N) is 2. The monoisotopic (exact) mass is 426 g/mol. The van der Waals surface area contributed by atoms with Crippen LogP contribution in [0.1, 0.15) is 61.0 Å². The summed E-state index contributed by atoms with van der Waals surface area (Å²) < 4.78 is 16.3. The molecule has 4 bridgehead atoms. The molecule has 4 fully saturated rings. The van der Waals surface area contributed by atoms with Crippen LogP contribution in [0.25, 0.3) is 5.69 Å². The van der Waals surface area contributed by atoms with Crippen LogP contribution in [0.5, 0.6) is 0 Å². The Morgan fingerprint density at radius 2 is 1.53 bits per heavy atom. The zero-order valence-corrected chi connectivity index (χ0v) is 19.0. The van der Waals surface area contributed by atoms with E-state index in [9.17, 15) is 4.39 Å². The predicted molar refractivity (Wildman–Crippen MR) is 129 cm³/mol. The molecule has 0 atom stereocenters. The minimum Gasteiger partial charge on any atom is -0.315 e. The molecule has 0 aliphatic heterocycles. The van der Waals surface area contributed by atoms with E-state index in [1.165, 1.54) is 50.2 Å². The molecule has 0 N–H and O–H groups in total. The molecule has 0 radical (unpaired) electrons. The van der Waals surface area contributed by atoms with Gasteiger partial charge in [-0.05, 0) is 111 Å². The lowest BCUT2D eigenvalue weighted by Gasteiger charge is -2.57. The molecule has 2 aromatic carbocycles. The smallest absolute Gasteiger partial charge is 0.147 e. The van der Waals surface area contributed by atoms with Gasteiger partial charge in [0.25, 0.3) is 0 Å². The van der Waals surface area contributed by atoms with Crippen molar-refractivity contribution >= 4 is 11.9 Å². The van der Waals surface area contributed by atoms with Crippen LogP contribution >= 0.6 is 0 Å². The van der Waals surface area contributed by atoms with E-state index in [0.717, 1.165) is 40.4 Å². The van der Waals surface area contributed by atoms with Gasteiger partial charge in [0.2, 0.25) is 0 Å². The maximum absolute atomic E-state index is 14.3. The highest BCUT2D eigenvalue weighted by Gasteiger charge is 2.51. The lowest BCUT2D eigenvalue weighted by atomic mass is 9.48. The lowest BCUT2D eigenvalue weighted by molar-refractivity contribution is -0.00518. The van der Waals surface area contributed by atoms with Crippen molar-refractivity contribution in [2.75, 3.05) is 0 Å². The third-order valence-corrected chi connectivity index (χ3v) is 8.43. The molecular weight excluding hydrogens is 395 g/mol. The molecule has 0 saturated heterocycles. The number of para-hydroxylation sites is 1. The Morgan fingerprint density at radius 3 is 2.16 bits per heavy atom. The number of aromatic nitrogens is 1. The van der Waals surface area contributed by atoms with E-state index in [4.69, 9.17) is 4.99 Å². The van der Waals surface area contributed by atoms with Crippen LogP contribution in [-0.4, -0.2) is 10.8 Å². The minimum atomic E-state index is -0.210. The fraction of sp³-hybridized carbons (Fsp3) is 0.414. The first-order valence-electron chi connectivity index (χ1n) is 12.1. The van der Waals surface area contributed by atoms with E-state index in [1.807, 2.05) is 36.8 Å². The number of aryl methyl sites for hydroxylation is 1. The molecule has 1 heterocycles. The highest BCUT2D eigenvalue weighted by Crippen LogP contribution is 2.60. The van der Waals surface area contributed by atoms with Crippen molar-refractivity contribution in [3.63, 3.8) is 0 Å². The predicted octanol–water partition coefficient (Wildman–Crippen LogP) is 7.45. The number of rotatable bonds is 4. The van der Waals surface area contributed by atoms with Crippen LogP contribution in [0.3, 0.4) is 0 Å². The van der Waals surface area contributed by atoms with Crippen LogP contribution in [0.4, 0.5) is 10.1 Å². The number of hydrogen-bond donors (Lipinski definition) is 0. The third kappa shape index (κ3) is 3.25. The summed E-state index contributed by atoms with van der Waals surface area (Å²) in [5, 5.41) is 0. The Labute approximate surface area is 190 Å².